The molecular formula is C23H20F3N5O6S. The number of aliphatic hydroxyl groups excluding tert-OH is 2. The normalized spacial score (nSPS) is 12.4. The SMILES string of the molecule is COc1ncc(F)cc1S(=O)(=O)Nc1cccc(-c2ccc3c(C(=O)NC[C@@H](O)CO)n[nH]c3c2F)c1F. The molecule has 0 aliphatic heterocycles. The Morgan fingerprint density at radius 2 is 1.89 bits per heavy atom. The maximum atomic E-state index is 15.4. The number of anilines is 1. The van der Waals surface area contributed by atoms with Gasteiger partial charge in [0.05, 0.1) is 31.7 Å². The summed E-state index contributed by atoms with van der Waals surface area (Å²) in [4.78, 5) is 15.2. The maximum absolute atomic E-state index is 15.4. The summed E-state index contributed by atoms with van der Waals surface area (Å²) in [6.45, 7) is -0.844. The molecule has 0 spiro atoms. The van der Waals surface area contributed by atoms with Crippen molar-refractivity contribution in [2.75, 3.05) is 25.0 Å². The zero-order valence-corrected chi connectivity index (χ0v) is 20.3. The van der Waals surface area contributed by atoms with E-state index >= 15 is 8.78 Å². The highest BCUT2D eigenvalue weighted by atomic mass is 32.2. The molecule has 1 amide bonds. The molecule has 1 atom stereocenters. The summed E-state index contributed by atoms with van der Waals surface area (Å²) >= 11 is 0. The highest BCUT2D eigenvalue weighted by Crippen LogP contribution is 2.34. The summed E-state index contributed by atoms with van der Waals surface area (Å²) in [7, 11) is -3.44. The van der Waals surface area contributed by atoms with Crippen molar-refractivity contribution in [2.45, 2.75) is 11.0 Å². The van der Waals surface area contributed by atoms with Gasteiger partial charge in [-0.2, -0.15) is 5.10 Å². The molecule has 2 aromatic carbocycles. The van der Waals surface area contributed by atoms with Gasteiger partial charge in [0, 0.05) is 29.1 Å². The minimum Gasteiger partial charge on any atom is -0.480 e. The Balaban J connectivity index is 1.69. The molecule has 0 unspecified atom stereocenters. The topological polar surface area (TPSA) is 167 Å². The minimum atomic E-state index is -4.57. The van der Waals surface area contributed by atoms with E-state index in [1.165, 1.54) is 24.3 Å². The van der Waals surface area contributed by atoms with Crippen LogP contribution in [0, 0.1) is 17.5 Å². The highest BCUT2D eigenvalue weighted by Gasteiger charge is 2.25. The van der Waals surface area contributed by atoms with Crippen LogP contribution in [0.15, 0.2) is 47.5 Å². The van der Waals surface area contributed by atoms with Crippen LogP contribution >= 0.6 is 0 Å². The van der Waals surface area contributed by atoms with Crippen LogP contribution in [0.1, 0.15) is 10.5 Å². The molecule has 15 heteroatoms. The fourth-order valence-electron chi connectivity index (χ4n) is 3.57. The van der Waals surface area contributed by atoms with Crippen LogP contribution in [0.4, 0.5) is 18.9 Å². The third-order valence-corrected chi connectivity index (χ3v) is 6.76. The van der Waals surface area contributed by atoms with Crippen molar-refractivity contribution < 1.29 is 41.3 Å². The summed E-state index contributed by atoms with van der Waals surface area (Å²) < 4.78 is 77.0. The van der Waals surface area contributed by atoms with Crippen molar-refractivity contribution in [1.29, 1.82) is 0 Å². The summed E-state index contributed by atoms with van der Waals surface area (Å²) in [6.07, 6.45) is -0.445. The van der Waals surface area contributed by atoms with Gasteiger partial charge < -0.3 is 20.3 Å². The van der Waals surface area contributed by atoms with E-state index in [0.717, 1.165) is 19.4 Å². The van der Waals surface area contributed by atoms with Crippen LogP contribution in [0.5, 0.6) is 5.88 Å². The number of carbonyl (C=O) groups is 1. The standard InChI is InChI=1S/C23H20F3N5O6S/c1-37-23-17(7-11(24)8-28-23)38(35,36)31-16-4-2-3-13(18(16)25)14-5-6-15-20(19(14)26)29-30-21(15)22(34)27-9-12(33)10-32/h2-8,12,31-33H,9-10H2,1H3,(H,27,34)(H,29,30)/t12-/m1/s1. The van der Waals surface area contributed by atoms with E-state index < -0.39 is 62.6 Å². The Bertz CT molecular complexity index is 1630. The number of halogens is 3. The molecule has 0 aliphatic rings. The first-order valence-corrected chi connectivity index (χ1v) is 12.3. The van der Waals surface area contributed by atoms with Crippen molar-refractivity contribution in [1.82, 2.24) is 20.5 Å². The van der Waals surface area contributed by atoms with Gasteiger partial charge in [-0.1, -0.05) is 18.2 Å². The van der Waals surface area contributed by atoms with Crippen LogP contribution in [0.2, 0.25) is 0 Å². The monoisotopic (exact) mass is 551 g/mol. The lowest BCUT2D eigenvalue weighted by atomic mass is 10.0. The largest absolute Gasteiger partial charge is 0.480 e. The molecule has 0 bridgehead atoms. The number of sulfonamides is 1. The number of ether oxygens (including phenoxy) is 1. The Kier molecular flexibility index (Phi) is 7.52. The predicted molar refractivity (Wildman–Crippen MR) is 128 cm³/mol. The van der Waals surface area contributed by atoms with E-state index in [-0.39, 0.29) is 34.3 Å². The lowest BCUT2D eigenvalue weighted by Gasteiger charge is -2.13. The molecule has 0 fully saturated rings. The molecule has 0 aliphatic carbocycles. The van der Waals surface area contributed by atoms with Gasteiger partial charge in [-0.15, -0.1) is 0 Å². The van der Waals surface area contributed by atoms with E-state index in [4.69, 9.17) is 9.84 Å². The Morgan fingerprint density at radius 3 is 2.61 bits per heavy atom. The van der Waals surface area contributed by atoms with Crippen molar-refractivity contribution >= 4 is 32.5 Å². The fourth-order valence-corrected chi connectivity index (χ4v) is 4.76. The zero-order chi connectivity index (χ0) is 27.6. The van der Waals surface area contributed by atoms with E-state index in [1.54, 1.807) is 0 Å². The number of H-pyrrole nitrogens is 1. The Labute approximate surface area is 213 Å². The number of benzene rings is 2. The lowest BCUT2D eigenvalue weighted by molar-refractivity contribution is 0.0800. The minimum absolute atomic E-state index is 0.0604. The molecule has 0 radical (unpaired) electrons. The number of aromatic nitrogens is 3. The fraction of sp³-hybridized carbons (Fsp3) is 0.174. The molecule has 11 nitrogen and oxygen atoms in total. The average molecular weight is 552 g/mol. The van der Waals surface area contributed by atoms with Crippen LogP contribution in [-0.4, -0.2) is 66.1 Å². The molecule has 0 saturated heterocycles. The first-order valence-electron chi connectivity index (χ1n) is 10.8. The second kappa shape index (κ2) is 10.6. The number of nitrogens with zero attached hydrogens (tertiary/aromatic N) is 2. The van der Waals surface area contributed by atoms with E-state index in [2.05, 4.69) is 20.5 Å². The van der Waals surface area contributed by atoms with Gasteiger partial charge in [0.1, 0.15) is 11.3 Å². The van der Waals surface area contributed by atoms with Crippen molar-refractivity contribution in [3.8, 4) is 17.0 Å². The van der Waals surface area contributed by atoms with Gasteiger partial charge in [0.25, 0.3) is 15.9 Å². The van der Waals surface area contributed by atoms with Crippen LogP contribution < -0.4 is 14.8 Å². The number of fused-ring (bicyclic) bond motifs is 1. The number of methoxy groups -OCH3 is 1. The molecule has 5 N–H and O–H groups in total. The van der Waals surface area contributed by atoms with Crippen LogP contribution in [-0.2, 0) is 10.0 Å². The summed E-state index contributed by atoms with van der Waals surface area (Å²) in [5.41, 5.74) is -1.57. The second-order valence-electron chi connectivity index (χ2n) is 7.90. The van der Waals surface area contributed by atoms with Gasteiger partial charge in [-0.05, 0) is 12.1 Å². The highest BCUT2D eigenvalue weighted by molar-refractivity contribution is 7.92. The van der Waals surface area contributed by atoms with Crippen molar-refractivity contribution in [3.63, 3.8) is 0 Å². The lowest BCUT2D eigenvalue weighted by Crippen LogP contribution is -2.34. The molecule has 38 heavy (non-hydrogen) atoms. The predicted octanol–water partition coefficient (Wildman–Crippen LogP) is 1.93. The number of hydrogen-bond acceptors (Lipinski definition) is 8. The van der Waals surface area contributed by atoms with Gasteiger partial charge in [-0.3, -0.25) is 14.6 Å². The van der Waals surface area contributed by atoms with Gasteiger partial charge in [0.15, 0.2) is 22.2 Å². The number of nitrogens with one attached hydrogen (secondary N) is 3. The van der Waals surface area contributed by atoms with E-state index in [1.807, 2.05) is 4.72 Å². The number of carbonyl (C=O) groups excluding carboxylic acids is 1. The molecular weight excluding hydrogens is 531 g/mol. The van der Waals surface area contributed by atoms with Crippen molar-refractivity contribution in [3.05, 3.63) is 65.7 Å². The third kappa shape index (κ3) is 5.11. The smallest absolute Gasteiger partial charge is 0.272 e. The number of hydrogen-bond donors (Lipinski definition) is 5. The quantitative estimate of drug-likeness (QED) is 0.210. The summed E-state index contributed by atoms with van der Waals surface area (Å²) in [6, 6.07) is 6.73. The maximum Gasteiger partial charge on any atom is 0.272 e. The number of amides is 1. The average Bonchev–Trinajstić information content (AvgIpc) is 3.34. The summed E-state index contributed by atoms with van der Waals surface area (Å²) in [5, 5.41) is 26.8. The molecule has 2 aromatic heterocycles. The number of aromatic amines is 1. The zero-order valence-electron chi connectivity index (χ0n) is 19.5. The molecule has 0 saturated carbocycles. The van der Waals surface area contributed by atoms with E-state index in [0.29, 0.717) is 6.07 Å². The Morgan fingerprint density at radius 1 is 1.16 bits per heavy atom. The second-order valence-corrected chi connectivity index (χ2v) is 9.55. The van der Waals surface area contributed by atoms with E-state index in [9.17, 15) is 22.7 Å². The molecule has 2 heterocycles. The number of rotatable bonds is 9. The third-order valence-electron chi connectivity index (χ3n) is 5.40. The van der Waals surface area contributed by atoms with Crippen molar-refractivity contribution in [2.24, 2.45) is 0 Å². The summed E-state index contributed by atoms with van der Waals surface area (Å²) in [5.74, 6) is -4.24. The molecule has 4 rings (SSSR count). The number of aliphatic hydroxyl groups is 2. The van der Waals surface area contributed by atoms with Gasteiger partial charge in [0.2, 0.25) is 5.88 Å². The molecule has 4 aromatic rings. The van der Waals surface area contributed by atoms with Gasteiger partial charge in [-0.25, -0.2) is 26.6 Å². The van der Waals surface area contributed by atoms with Crippen LogP contribution in [0.25, 0.3) is 22.0 Å². The molecule has 200 valence electrons. The van der Waals surface area contributed by atoms with Crippen LogP contribution in [0.3, 0.4) is 0 Å². The van der Waals surface area contributed by atoms with Gasteiger partial charge >= 0.3 is 0 Å². The number of pyridine rings is 1. The Hall–Kier alpha value is -4.21. The first-order chi connectivity index (χ1) is 18.1. The first kappa shape index (κ1) is 26.8.